The molecule has 0 saturated carbocycles. The molecule has 0 N–H and O–H groups in total. The van der Waals surface area contributed by atoms with E-state index in [4.69, 9.17) is 16.3 Å². The average molecular weight is 278 g/mol. The lowest BCUT2D eigenvalue weighted by molar-refractivity contribution is 0.285. The molecule has 19 heavy (non-hydrogen) atoms. The SMILES string of the molecule is Cc1cc(CCl)nc(OCCCc2ccncc2)n1. The molecular weight excluding hydrogens is 262 g/mol. The molecule has 0 aliphatic heterocycles. The molecule has 0 aliphatic rings. The molecule has 5 heteroatoms. The van der Waals surface area contributed by atoms with Gasteiger partial charge in [0.15, 0.2) is 0 Å². The number of nitrogens with zero attached hydrogens (tertiary/aromatic N) is 3. The Bertz CT molecular complexity index is 519. The summed E-state index contributed by atoms with van der Waals surface area (Å²) in [5.74, 6) is 0.372. The van der Waals surface area contributed by atoms with Gasteiger partial charge in [-0.25, -0.2) is 4.98 Å². The van der Waals surface area contributed by atoms with E-state index in [1.54, 1.807) is 12.4 Å². The molecule has 100 valence electrons. The molecule has 0 atom stereocenters. The molecule has 2 rings (SSSR count). The van der Waals surface area contributed by atoms with E-state index < -0.39 is 0 Å². The first-order valence-corrected chi connectivity index (χ1v) is 6.73. The van der Waals surface area contributed by atoms with Crippen molar-refractivity contribution in [1.82, 2.24) is 15.0 Å². The second-order valence-corrected chi connectivity index (χ2v) is 4.49. The normalized spacial score (nSPS) is 10.4. The van der Waals surface area contributed by atoms with Crippen LogP contribution in [0.3, 0.4) is 0 Å². The number of ether oxygens (including phenoxy) is 1. The van der Waals surface area contributed by atoms with Crippen molar-refractivity contribution in [2.45, 2.75) is 25.6 Å². The molecule has 0 aromatic carbocycles. The average Bonchev–Trinajstić information content (AvgIpc) is 2.44. The third-order valence-electron chi connectivity index (χ3n) is 2.61. The minimum atomic E-state index is 0.372. The summed E-state index contributed by atoms with van der Waals surface area (Å²) >= 11 is 5.76. The molecule has 4 nitrogen and oxygen atoms in total. The first kappa shape index (κ1) is 13.7. The zero-order valence-corrected chi connectivity index (χ0v) is 11.6. The van der Waals surface area contributed by atoms with Crippen LogP contribution in [0, 0.1) is 6.92 Å². The van der Waals surface area contributed by atoms with Gasteiger partial charge in [0.05, 0.1) is 18.2 Å². The third-order valence-corrected chi connectivity index (χ3v) is 2.89. The summed E-state index contributed by atoms with van der Waals surface area (Å²) in [6.45, 7) is 2.50. The second-order valence-electron chi connectivity index (χ2n) is 4.22. The summed E-state index contributed by atoms with van der Waals surface area (Å²) in [7, 11) is 0. The highest BCUT2D eigenvalue weighted by Crippen LogP contribution is 2.10. The van der Waals surface area contributed by atoms with Crippen molar-refractivity contribution in [3.63, 3.8) is 0 Å². The van der Waals surface area contributed by atoms with Gasteiger partial charge in [0, 0.05) is 18.1 Å². The minimum Gasteiger partial charge on any atom is -0.463 e. The lowest BCUT2D eigenvalue weighted by Gasteiger charge is -2.06. The van der Waals surface area contributed by atoms with Crippen LogP contribution in [0.25, 0.3) is 0 Å². The second kappa shape index (κ2) is 7.04. The van der Waals surface area contributed by atoms with Crippen molar-refractivity contribution >= 4 is 11.6 Å². The van der Waals surface area contributed by atoms with E-state index >= 15 is 0 Å². The largest absolute Gasteiger partial charge is 0.463 e. The van der Waals surface area contributed by atoms with Crippen LogP contribution in [0.15, 0.2) is 30.6 Å². The number of aromatic nitrogens is 3. The number of pyridine rings is 1. The molecule has 2 heterocycles. The molecule has 0 amide bonds. The van der Waals surface area contributed by atoms with Crippen molar-refractivity contribution in [1.29, 1.82) is 0 Å². The van der Waals surface area contributed by atoms with Crippen molar-refractivity contribution < 1.29 is 4.74 Å². The Morgan fingerprint density at radius 1 is 1.21 bits per heavy atom. The highest BCUT2D eigenvalue weighted by atomic mass is 35.5. The predicted octanol–water partition coefficient (Wildman–Crippen LogP) is 2.93. The van der Waals surface area contributed by atoms with Gasteiger partial charge >= 0.3 is 6.01 Å². The molecule has 0 fully saturated rings. The van der Waals surface area contributed by atoms with Gasteiger partial charge in [0.1, 0.15) is 0 Å². The molecule has 0 bridgehead atoms. The van der Waals surface area contributed by atoms with Gasteiger partial charge in [-0.15, -0.1) is 11.6 Å². The van der Waals surface area contributed by atoms with E-state index in [0.717, 1.165) is 24.2 Å². The fourth-order valence-corrected chi connectivity index (χ4v) is 1.86. The van der Waals surface area contributed by atoms with E-state index in [-0.39, 0.29) is 0 Å². The molecule has 2 aromatic rings. The number of aryl methyl sites for hydroxylation is 2. The van der Waals surface area contributed by atoms with Gasteiger partial charge in [0.25, 0.3) is 0 Å². The summed E-state index contributed by atoms with van der Waals surface area (Å²) in [5.41, 5.74) is 2.92. The molecule has 0 unspecified atom stereocenters. The van der Waals surface area contributed by atoms with Crippen molar-refractivity contribution in [2.75, 3.05) is 6.61 Å². The van der Waals surface area contributed by atoms with E-state index in [9.17, 15) is 0 Å². The van der Waals surface area contributed by atoms with Crippen molar-refractivity contribution in [2.24, 2.45) is 0 Å². The van der Waals surface area contributed by atoms with Crippen LogP contribution >= 0.6 is 11.6 Å². The highest BCUT2D eigenvalue weighted by molar-refractivity contribution is 6.16. The predicted molar refractivity (Wildman–Crippen MR) is 74.4 cm³/mol. The van der Waals surface area contributed by atoms with Crippen molar-refractivity contribution in [3.05, 3.63) is 47.5 Å². The maximum atomic E-state index is 5.76. The summed E-state index contributed by atoms with van der Waals surface area (Å²) in [6, 6.07) is 6.28. The summed E-state index contributed by atoms with van der Waals surface area (Å²) in [6.07, 6.45) is 5.47. The Morgan fingerprint density at radius 3 is 2.74 bits per heavy atom. The standard InChI is InChI=1S/C14H16ClN3O/c1-11-9-13(10-15)18-14(17-11)19-8-2-3-12-4-6-16-7-5-12/h4-7,9H,2-3,8,10H2,1H3. The number of hydrogen-bond acceptors (Lipinski definition) is 4. The lowest BCUT2D eigenvalue weighted by atomic mass is 10.1. The third kappa shape index (κ3) is 4.48. The van der Waals surface area contributed by atoms with Crippen LogP contribution < -0.4 is 4.74 Å². The van der Waals surface area contributed by atoms with Crippen LogP contribution in [0.1, 0.15) is 23.4 Å². The van der Waals surface area contributed by atoms with E-state index in [1.165, 1.54) is 5.56 Å². The van der Waals surface area contributed by atoms with E-state index in [1.807, 2.05) is 25.1 Å². The lowest BCUT2D eigenvalue weighted by Crippen LogP contribution is -2.04. The Kier molecular flexibility index (Phi) is 5.10. The minimum absolute atomic E-state index is 0.372. The zero-order valence-electron chi connectivity index (χ0n) is 10.8. The van der Waals surface area contributed by atoms with Gasteiger partial charge < -0.3 is 4.74 Å². The molecule has 0 radical (unpaired) electrons. The quantitative estimate of drug-likeness (QED) is 0.602. The first-order chi connectivity index (χ1) is 9.28. The monoisotopic (exact) mass is 277 g/mol. The maximum absolute atomic E-state index is 5.76. The van der Waals surface area contributed by atoms with Crippen LogP contribution in [0.5, 0.6) is 6.01 Å². The van der Waals surface area contributed by atoms with Crippen LogP contribution in [0.2, 0.25) is 0 Å². The Balaban J connectivity index is 1.81. The number of alkyl halides is 1. The molecule has 0 saturated heterocycles. The molecular formula is C14H16ClN3O. The smallest absolute Gasteiger partial charge is 0.316 e. The van der Waals surface area contributed by atoms with Crippen LogP contribution in [-0.4, -0.2) is 21.6 Å². The van der Waals surface area contributed by atoms with E-state index in [0.29, 0.717) is 18.5 Å². The Labute approximate surface area is 117 Å². The molecule has 2 aromatic heterocycles. The Hall–Kier alpha value is -1.68. The van der Waals surface area contributed by atoms with Gasteiger partial charge in [-0.2, -0.15) is 4.98 Å². The topological polar surface area (TPSA) is 47.9 Å². The fourth-order valence-electron chi connectivity index (χ4n) is 1.73. The van der Waals surface area contributed by atoms with Gasteiger partial charge in [-0.05, 0) is 43.5 Å². The van der Waals surface area contributed by atoms with Gasteiger partial charge in [0.2, 0.25) is 0 Å². The number of hydrogen-bond donors (Lipinski definition) is 0. The maximum Gasteiger partial charge on any atom is 0.316 e. The summed E-state index contributed by atoms with van der Waals surface area (Å²) in [4.78, 5) is 12.4. The summed E-state index contributed by atoms with van der Waals surface area (Å²) < 4.78 is 5.55. The number of halogens is 1. The first-order valence-electron chi connectivity index (χ1n) is 6.20. The molecule has 0 aliphatic carbocycles. The fraction of sp³-hybridized carbons (Fsp3) is 0.357. The van der Waals surface area contributed by atoms with Crippen LogP contribution in [0.4, 0.5) is 0 Å². The van der Waals surface area contributed by atoms with Crippen molar-refractivity contribution in [3.8, 4) is 6.01 Å². The van der Waals surface area contributed by atoms with Gasteiger partial charge in [-0.3, -0.25) is 4.98 Å². The summed E-state index contributed by atoms with van der Waals surface area (Å²) in [5, 5.41) is 0. The Morgan fingerprint density at radius 2 is 2.00 bits per heavy atom. The molecule has 0 spiro atoms. The van der Waals surface area contributed by atoms with Gasteiger partial charge in [-0.1, -0.05) is 0 Å². The zero-order chi connectivity index (χ0) is 13.5. The van der Waals surface area contributed by atoms with Crippen LogP contribution in [-0.2, 0) is 12.3 Å². The van der Waals surface area contributed by atoms with E-state index in [2.05, 4.69) is 15.0 Å². The number of rotatable bonds is 6. The highest BCUT2D eigenvalue weighted by Gasteiger charge is 2.02.